The van der Waals surface area contributed by atoms with Gasteiger partial charge in [-0.1, -0.05) is 24.3 Å². The Hall–Kier alpha value is -3.82. The Balaban J connectivity index is 1.53. The Labute approximate surface area is 163 Å². The fourth-order valence-corrected chi connectivity index (χ4v) is 3.79. The molecule has 1 heterocycles. The van der Waals surface area contributed by atoms with E-state index in [2.05, 4.69) is 10.6 Å². The van der Waals surface area contributed by atoms with Gasteiger partial charge in [-0.05, 0) is 30.0 Å². The summed E-state index contributed by atoms with van der Waals surface area (Å²) in [7, 11) is 0. The number of hydrogen-bond donors (Lipinski definition) is 2. The van der Waals surface area contributed by atoms with Crippen molar-refractivity contribution < 1.29 is 23.7 Å². The van der Waals surface area contributed by atoms with Crippen LogP contribution in [0.4, 0.5) is 20.6 Å². The second kappa shape index (κ2) is 6.66. The highest BCUT2D eigenvalue weighted by Gasteiger charge is 2.55. The molecule has 4 amide bonds. The van der Waals surface area contributed by atoms with Gasteiger partial charge in [-0.2, -0.15) is 0 Å². The van der Waals surface area contributed by atoms with Gasteiger partial charge >= 0.3 is 6.03 Å². The van der Waals surface area contributed by atoms with Gasteiger partial charge in [0.05, 0.1) is 10.6 Å². The lowest BCUT2D eigenvalue weighted by atomic mass is 9.92. The average Bonchev–Trinajstić information content (AvgIpc) is 3.17. The number of nitro groups is 1. The van der Waals surface area contributed by atoms with Gasteiger partial charge < -0.3 is 10.6 Å². The van der Waals surface area contributed by atoms with Crippen LogP contribution in [0.3, 0.4) is 0 Å². The molecule has 0 bridgehead atoms. The number of benzene rings is 2. The van der Waals surface area contributed by atoms with Crippen LogP contribution in [0.15, 0.2) is 42.5 Å². The first-order chi connectivity index (χ1) is 13.8. The van der Waals surface area contributed by atoms with Crippen LogP contribution in [0.25, 0.3) is 0 Å². The van der Waals surface area contributed by atoms with Crippen molar-refractivity contribution >= 4 is 29.2 Å². The van der Waals surface area contributed by atoms with Crippen LogP contribution < -0.4 is 10.6 Å². The number of carbonyl (C=O) groups is 3. The van der Waals surface area contributed by atoms with E-state index >= 15 is 0 Å². The van der Waals surface area contributed by atoms with Gasteiger partial charge in [0.2, 0.25) is 5.91 Å². The molecule has 2 aromatic carbocycles. The van der Waals surface area contributed by atoms with E-state index in [1.807, 2.05) is 12.1 Å². The number of urea groups is 1. The minimum atomic E-state index is -1.20. The highest BCUT2D eigenvalue weighted by molar-refractivity contribution is 6.11. The summed E-state index contributed by atoms with van der Waals surface area (Å²) in [5, 5.41) is 15.7. The third-order valence-electron chi connectivity index (χ3n) is 5.16. The fourth-order valence-electron chi connectivity index (χ4n) is 3.79. The molecule has 2 N–H and O–H groups in total. The van der Waals surface area contributed by atoms with Crippen molar-refractivity contribution in [2.45, 2.75) is 18.4 Å². The molecule has 4 rings (SSSR count). The maximum Gasteiger partial charge on any atom is 0.325 e. The van der Waals surface area contributed by atoms with Crippen LogP contribution in [0.2, 0.25) is 0 Å². The number of fused-ring (bicyclic) bond motifs is 2. The van der Waals surface area contributed by atoms with E-state index in [9.17, 15) is 28.9 Å². The first-order valence-electron chi connectivity index (χ1n) is 8.78. The van der Waals surface area contributed by atoms with Gasteiger partial charge in [-0.15, -0.1) is 0 Å². The Bertz CT molecular complexity index is 1070. The number of carbonyl (C=O) groups excluding carboxylic acids is 3. The zero-order valence-electron chi connectivity index (χ0n) is 15.0. The van der Waals surface area contributed by atoms with Gasteiger partial charge in [0.1, 0.15) is 17.9 Å². The van der Waals surface area contributed by atoms with Crippen molar-refractivity contribution in [3.63, 3.8) is 0 Å². The molecular formula is C19H15FN4O5. The van der Waals surface area contributed by atoms with Crippen molar-refractivity contribution in [3.05, 3.63) is 69.5 Å². The van der Waals surface area contributed by atoms with Gasteiger partial charge in [0, 0.05) is 12.1 Å². The number of halogens is 1. The second-order valence-electron chi connectivity index (χ2n) is 6.85. The second-order valence-corrected chi connectivity index (χ2v) is 6.85. The molecule has 1 saturated heterocycles. The van der Waals surface area contributed by atoms with Crippen LogP contribution in [0, 0.1) is 15.9 Å². The summed E-state index contributed by atoms with van der Waals surface area (Å²) in [6.45, 7) is -0.642. The Morgan fingerprint density at radius 3 is 2.79 bits per heavy atom. The molecule has 1 fully saturated rings. The van der Waals surface area contributed by atoms with Crippen molar-refractivity contribution in [1.29, 1.82) is 0 Å². The molecular weight excluding hydrogens is 383 g/mol. The third kappa shape index (κ3) is 2.98. The van der Waals surface area contributed by atoms with Gasteiger partial charge in [-0.25, -0.2) is 9.18 Å². The monoisotopic (exact) mass is 398 g/mol. The third-order valence-corrected chi connectivity index (χ3v) is 5.16. The minimum Gasteiger partial charge on any atom is -0.322 e. The topological polar surface area (TPSA) is 122 Å². The summed E-state index contributed by atoms with van der Waals surface area (Å²) in [6, 6.07) is 9.22. The van der Waals surface area contributed by atoms with E-state index in [-0.39, 0.29) is 0 Å². The standard InChI is InChI=1S/C19H15FN4O5/c20-14-6-5-12(24(28)29)9-15(14)21-16(25)10-23-17(26)19(22-18(23)27)8-7-11-3-1-2-4-13(11)19/h1-6,9H,7-8,10H2,(H,21,25)(H,22,27)/t19-/m1/s1. The highest BCUT2D eigenvalue weighted by atomic mass is 19.1. The van der Waals surface area contributed by atoms with Crippen LogP contribution in [0.1, 0.15) is 17.5 Å². The number of aryl methyl sites for hydroxylation is 1. The maximum atomic E-state index is 13.9. The van der Waals surface area contributed by atoms with Crippen molar-refractivity contribution in [2.24, 2.45) is 0 Å². The predicted octanol–water partition coefficient (Wildman–Crippen LogP) is 2.07. The molecule has 0 unspecified atom stereocenters. The van der Waals surface area contributed by atoms with Crippen molar-refractivity contribution in [3.8, 4) is 0 Å². The molecule has 1 atom stereocenters. The van der Waals surface area contributed by atoms with Crippen LogP contribution in [-0.2, 0) is 21.5 Å². The van der Waals surface area contributed by atoms with E-state index in [0.717, 1.165) is 28.7 Å². The molecule has 1 spiro atoms. The molecule has 1 aliphatic heterocycles. The van der Waals surface area contributed by atoms with E-state index in [4.69, 9.17) is 0 Å². The van der Waals surface area contributed by atoms with Gasteiger partial charge in [-0.3, -0.25) is 24.6 Å². The number of imide groups is 1. The number of anilines is 1. The van der Waals surface area contributed by atoms with Gasteiger partial charge in [0.25, 0.3) is 11.6 Å². The summed E-state index contributed by atoms with van der Waals surface area (Å²) >= 11 is 0. The summed E-state index contributed by atoms with van der Waals surface area (Å²) in [4.78, 5) is 48.6. The van der Waals surface area contributed by atoms with E-state index in [1.54, 1.807) is 12.1 Å². The quantitative estimate of drug-likeness (QED) is 0.464. The zero-order valence-corrected chi connectivity index (χ0v) is 15.0. The highest BCUT2D eigenvalue weighted by Crippen LogP contribution is 2.41. The SMILES string of the molecule is O=C(CN1C(=O)N[C@@]2(CCc3ccccc32)C1=O)Nc1cc([N+](=O)[O-])ccc1F. The number of amides is 4. The molecule has 9 nitrogen and oxygen atoms in total. The van der Waals surface area contributed by atoms with Gasteiger partial charge in [0.15, 0.2) is 0 Å². The molecule has 1 aliphatic carbocycles. The average molecular weight is 398 g/mol. The Kier molecular flexibility index (Phi) is 4.26. The number of non-ortho nitro benzene ring substituents is 1. The molecule has 29 heavy (non-hydrogen) atoms. The zero-order chi connectivity index (χ0) is 20.8. The molecule has 0 saturated carbocycles. The van der Waals surface area contributed by atoms with Crippen molar-refractivity contribution in [1.82, 2.24) is 10.2 Å². The molecule has 148 valence electrons. The Morgan fingerprint density at radius 1 is 1.28 bits per heavy atom. The smallest absolute Gasteiger partial charge is 0.322 e. The molecule has 2 aromatic rings. The molecule has 10 heteroatoms. The maximum absolute atomic E-state index is 13.9. The Morgan fingerprint density at radius 2 is 2.03 bits per heavy atom. The number of nitrogens with zero attached hydrogens (tertiary/aromatic N) is 2. The summed E-state index contributed by atoms with van der Waals surface area (Å²) < 4.78 is 13.9. The number of nitro benzene ring substituents is 1. The minimum absolute atomic E-state index is 0.383. The van der Waals surface area contributed by atoms with Crippen LogP contribution in [-0.4, -0.2) is 34.2 Å². The van der Waals surface area contributed by atoms with E-state index in [1.165, 1.54) is 0 Å². The first-order valence-corrected chi connectivity index (χ1v) is 8.78. The largest absolute Gasteiger partial charge is 0.325 e. The lowest BCUT2D eigenvalue weighted by Crippen LogP contribution is -2.43. The van der Waals surface area contributed by atoms with Crippen LogP contribution >= 0.6 is 0 Å². The van der Waals surface area contributed by atoms with Crippen LogP contribution in [0.5, 0.6) is 0 Å². The summed E-state index contributed by atoms with van der Waals surface area (Å²) in [5.41, 5.74) is -0.363. The van der Waals surface area contributed by atoms with E-state index < -0.39 is 52.0 Å². The van der Waals surface area contributed by atoms with E-state index in [0.29, 0.717) is 18.4 Å². The van der Waals surface area contributed by atoms with Crippen molar-refractivity contribution in [2.75, 3.05) is 11.9 Å². The predicted molar refractivity (Wildman–Crippen MR) is 98.4 cm³/mol. The number of nitrogens with one attached hydrogen (secondary N) is 2. The molecule has 0 radical (unpaired) electrons. The molecule has 0 aromatic heterocycles. The summed E-state index contributed by atoms with van der Waals surface area (Å²) in [5.74, 6) is -2.28. The first kappa shape index (κ1) is 18.5. The fraction of sp³-hybridized carbons (Fsp3) is 0.211. The molecule has 2 aliphatic rings. The lowest BCUT2D eigenvalue weighted by molar-refractivity contribution is -0.384. The number of rotatable bonds is 4. The lowest BCUT2D eigenvalue weighted by Gasteiger charge is -2.22. The summed E-state index contributed by atoms with van der Waals surface area (Å²) in [6.07, 6.45) is 0.996. The normalized spacial score (nSPS) is 20.0. The number of hydrogen-bond acceptors (Lipinski definition) is 5.